The van der Waals surface area contributed by atoms with E-state index < -0.39 is 5.92 Å². The van der Waals surface area contributed by atoms with Gasteiger partial charge in [0, 0.05) is 17.4 Å². The Labute approximate surface area is 105 Å². The molecule has 0 atom stereocenters. The average molecular weight is 254 g/mol. The van der Waals surface area contributed by atoms with Gasteiger partial charge in [-0.2, -0.15) is 0 Å². The van der Waals surface area contributed by atoms with E-state index in [1.54, 1.807) is 18.2 Å². The van der Waals surface area contributed by atoms with Crippen molar-refractivity contribution in [2.75, 3.05) is 0 Å². The molecule has 1 rings (SSSR count). The van der Waals surface area contributed by atoms with Crippen LogP contribution in [0, 0.1) is 6.92 Å². The van der Waals surface area contributed by atoms with Crippen molar-refractivity contribution in [3.05, 3.63) is 52.3 Å². The molecule has 0 bridgehead atoms. The summed E-state index contributed by atoms with van der Waals surface area (Å²) in [5.41, 5.74) is 1.36. The summed E-state index contributed by atoms with van der Waals surface area (Å²) < 4.78 is 27.0. The van der Waals surface area contributed by atoms with Crippen LogP contribution in [-0.2, 0) is 5.92 Å². The monoisotopic (exact) mass is 254 g/mol. The van der Waals surface area contributed by atoms with E-state index >= 15 is 0 Å². The summed E-state index contributed by atoms with van der Waals surface area (Å²) in [5, 5.41) is 0. The second-order valence-corrected chi connectivity index (χ2v) is 5.10. The first-order chi connectivity index (χ1) is 7.90. The van der Waals surface area contributed by atoms with E-state index in [1.165, 1.54) is 0 Å². The zero-order chi connectivity index (χ0) is 13.1. The largest absolute Gasteiger partial charge is 0.280 e. The summed E-state index contributed by atoms with van der Waals surface area (Å²) in [5.74, 6) is -2.81. The van der Waals surface area contributed by atoms with E-state index in [1.807, 2.05) is 26.0 Å². The van der Waals surface area contributed by atoms with Crippen LogP contribution < -0.4 is 0 Å². The fraction of sp³-hybridized carbons (Fsp3) is 0.286. The molecule has 0 aromatic carbocycles. The number of hydrogen-bond donors (Lipinski definition) is 0. The molecule has 0 aliphatic carbocycles. The molecule has 1 aromatic rings. The normalized spacial score (nSPS) is 13.4. The van der Waals surface area contributed by atoms with Gasteiger partial charge < -0.3 is 0 Å². The van der Waals surface area contributed by atoms with Crippen LogP contribution in [0.2, 0.25) is 0 Å². The van der Waals surface area contributed by atoms with Crippen molar-refractivity contribution in [3.8, 4) is 0 Å². The van der Waals surface area contributed by atoms with Gasteiger partial charge >= 0.3 is 0 Å². The molecule has 0 radical (unpaired) electrons. The molecule has 3 heteroatoms. The van der Waals surface area contributed by atoms with E-state index in [4.69, 9.17) is 0 Å². The lowest BCUT2D eigenvalue weighted by Gasteiger charge is -2.11. The lowest BCUT2D eigenvalue weighted by Crippen LogP contribution is -2.06. The lowest BCUT2D eigenvalue weighted by molar-refractivity contribution is 0.0213. The Morgan fingerprint density at radius 2 is 2.12 bits per heavy atom. The van der Waals surface area contributed by atoms with Gasteiger partial charge in [-0.25, -0.2) is 8.78 Å². The highest BCUT2D eigenvalue weighted by molar-refractivity contribution is 7.12. The minimum atomic E-state index is -2.81. The zero-order valence-electron chi connectivity index (χ0n) is 10.3. The summed E-state index contributed by atoms with van der Waals surface area (Å²) in [6, 6.07) is 1.80. The molecule has 0 fully saturated rings. The lowest BCUT2D eigenvalue weighted by atomic mass is 10.0. The van der Waals surface area contributed by atoms with Crippen LogP contribution in [0.25, 0.3) is 5.57 Å². The van der Waals surface area contributed by atoms with Gasteiger partial charge in [-0.15, -0.1) is 11.3 Å². The van der Waals surface area contributed by atoms with E-state index in [2.05, 4.69) is 6.58 Å². The molecule has 0 amide bonds. The molecule has 0 N–H and O–H groups in total. The molecule has 0 aliphatic rings. The van der Waals surface area contributed by atoms with Crippen molar-refractivity contribution < 1.29 is 8.78 Å². The van der Waals surface area contributed by atoms with Crippen LogP contribution in [0.15, 0.2) is 36.9 Å². The van der Waals surface area contributed by atoms with Gasteiger partial charge in [0.1, 0.15) is 0 Å². The highest BCUT2D eigenvalue weighted by Gasteiger charge is 2.30. The first-order valence-corrected chi connectivity index (χ1v) is 6.16. The number of aryl methyl sites for hydroxylation is 1. The predicted molar refractivity (Wildman–Crippen MR) is 71.6 cm³/mol. The van der Waals surface area contributed by atoms with E-state index in [0.717, 1.165) is 28.7 Å². The Hall–Kier alpha value is -1.22. The van der Waals surface area contributed by atoms with Crippen LogP contribution >= 0.6 is 11.3 Å². The number of rotatable bonds is 4. The smallest absolute Gasteiger partial charge is 0.201 e. The quantitative estimate of drug-likeness (QED) is 0.638. The standard InChI is InChI=1S/C14H16F2S/c1-5-7-11(8-6-2)12-9-10(3)17-13(12)14(4,15)16/h5-9H,1H2,2-4H3/b8-6-,11-7+. The van der Waals surface area contributed by atoms with Crippen LogP contribution in [0.3, 0.4) is 0 Å². The van der Waals surface area contributed by atoms with Gasteiger partial charge in [-0.05, 0) is 25.5 Å². The number of thiophene rings is 1. The molecule has 0 spiro atoms. The van der Waals surface area contributed by atoms with Crippen molar-refractivity contribution in [1.29, 1.82) is 0 Å². The predicted octanol–water partition coefficient (Wildman–Crippen LogP) is 5.31. The maximum atomic E-state index is 13.5. The van der Waals surface area contributed by atoms with Crippen molar-refractivity contribution in [2.45, 2.75) is 26.7 Å². The van der Waals surface area contributed by atoms with Crippen LogP contribution in [0.5, 0.6) is 0 Å². The van der Waals surface area contributed by atoms with Crippen molar-refractivity contribution >= 4 is 16.9 Å². The summed E-state index contributed by atoms with van der Waals surface area (Å²) >= 11 is 1.14. The summed E-state index contributed by atoms with van der Waals surface area (Å²) in [4.78, 5) is 0.997. The van der Waals surface area contributed by atoms with Gasteiger partial charge in [0.15, 0.2) is 0 Å². The summed E-state index contributed by atoms with van der Waals surface area (Å²) in [6.07, 6.45) is 7.01. The van der Waals surface area contributed by atoms with Crippen LogP contribution in [0.1, 0.15) is 29.2 Å². The Morgan fingerprint density at radius 1 is 1.47 bits per heavy atom. The molecular weight excluding hydrogens is 238 g/mol. The maximum absolute atomic E-state index is 13.5. The first-order valence-electron chi connectivity index (χ1n) is 5.34. The van der Waals surface area contributed by atoms with Gasteiger partial charge in [0.05, 0.1) is 4.88 Å². The van der Waals surface area contributed by atoms with E-state index in [-0.39, 0.29) is 4.88 Å². The molecule has 0 saturated carbocycles. The Balaban J connectivity index is 3.38. The van der Waals surface area contributed by atoms with E-state index in [9.17, 15) is 8.78 Å². The second-order valence-electron chi connectivity index (χ2n) is 3.85. The first kappa shape index (κ1) is 13.8. The van der Waals surface area contributed by atoms with Gasteiger partial charge in [0.2, 0.25) is 0 Å². The Morgan fingerprint density at radius 3 is 2.59 bits per heavy atom. The third kappa shape index (κ3) is 3.37. The Bertz CT molecular complexity index is 459. The SMILES string of the molecule is C=C/C=C(\C=C/C)c1cc(C)sc1C(C)(F)F. The fourth-order valence-corrected chi connectivity index (χ4v) is 2.56. The van der Waals surface area contributed by atoms with Crippen molar-refractivity contribution in [3.63, 3.8) is 0 Å². The second kappa shape index (κ2) is 5.41. The average Bonchev–Trinajstić information content (AvgIpc) is 2.59. The number of alkyl halides is 2. The molecule has 1 heterocycles. The third-order valence-corrected chi connectivity index (χ3v) is 3.43. The fourth-order valence-electron chi connectivity index (χ4n) is 1.60. The van der Waals surface area contributed by atoms with Gasteiger partial charge in [0.25, 0.3) is 5.92 Å². The molecule has 0 saturated heterocycles. The highest BCUT2D eigenvalue weighted by Crippen LogP contribution is 2.39. The minimum absolute atomic E-state index is 0.112. The molecule has 17 heavy (non-hydrogen) atoms. The topological polar surface area (TPSA) is 0 Å². The summed E-state index contributed by atoms with van der Waals surface area (Å²) in [7, 11) is 0. The van der Waals surface area contributed by atoms with Crippen molar-refractivity contribution in [2.24, 2.45) is 0 Å². The maximum Gasteiger partial charge on any atom is 0.280 e. The van der Waals surface area contributed by atoms with Crippen LogP contribution in [0.4, 0.5) is 8.78 Å². The molecule has 0 aliphatic heterocycles. The minimum Gasteiger partial charge on any atom is -0.201 e. The molecule has 92 valence electrons. The Kier molecular flexibility index (Phi) is 4.40. The molecule has 0 nitrogen and oxygen atoms in total. The van der Waals surface area contributed by atoms with Gasteiger partial charge in [-0.3, -0.25) is 0 Å². The summed E-state index contributed by atoms with van der Waals surface area (Å²) in [6.45, 7) is 8.24. The zero-order valence-corrected chi connectivity index (χ0v) is 11.1. The number of hydrogen-bond acceptors (Lipinski definition) is 1. The third-order valence-electron chi connectivity index (χ3n) is 2.21. The highest BCUT2D eigenvalue weighted by atomic mass is 32.1. The van der Waals surface area contributed by atoms with Crippen molar-refractivity contribution in [1.82, 2.24) is 0 Å². The van der Waals surface area contributed by atoms with Crippen LogP contribution in [-0.4, -0.2) is 0 Å². The van der Waals surface area contributed by atoms with E-state index in [0.29, 0.717) is 5.56 Å². The molecule has 0 unspecified atom stereocenters. The molecular formula is C14H16F2S. The van der Waals surface area contributed by atoms with Gasteiger partial charge in [-0.1, -0.05) is 30.9 Å². The number of halogens is 2. The molecule has 1 aromatic heterocycles. The number of allylic oxidation sites excluding steroid dienone is 5.